The first-order valence-corrected chi connectivity index (χ1v) is 5.92. The van der Waals surface area contributed by atoms with Crippen molar-refractivity contribution >= 4 is 11.7 Å². The first kappa shape index (κ1) is 13.0. The number of hydrogen-bond acceptors (Lipinski definition) is 3. The third kappa shape index (κ3) is 3.25. The molecular weight excluding hydrogens is 240 g/mol. The van der Waals surface area contributed by atoms with Gasteiger partial charge in [-0.25, -0.2) is 0 Å². The van der Waals surface area contributed by atoms with E-state index in [9.17, 15) is 9.59 Å². The lowest BCUT2D eigenvalue weighted by Gasteiger charge is -2.04. The molecule has 1 amide bonds. The van der Waals surface area contributed by atoms with E-state index in [4.69, 9.17) is 5.73 Å². The summed E-state index contributed by atoms with van der Waals surface area (Å²) in [6.45, 7) is 1.91. The predicted octanol–water partition coefficient (Wildman–Crippen LogP) is 2.12. The highest BCUT2D eigenvalue weighted by Crippen LogP contribution is 2.19. The lowest BCUT2D eigenvalue weighted by Crippen LogP contribution is -2.16. The largest absolute Gasteiger partial charge is 0.369 e. The van der Waals surface area contributed by atoms with Gasteiger partial charge in [0.25, 0.3) is 0 Å². The van der Waals surface area contributed by atoms with Gasteiger partial charge in [0, 0.05) is 16.8 Å². The molecule has 0 unspecified atom stereocenters. The summed E-state index contributed by atoms with van der Waals surface area (Å²) in [4.78, 5) is 27.0. The second-order valence-corrected chi connectivity index (χ2v) is 4.31. The fourth-order valence-electron chi connectivity index (χ4n) is 1.82. The van der Waals surface area contributed by atoms with Gasteiger partial charge in [-0.05, 0) is 25.1 Å². The first-order valence-electron chi connectivity index (χ1n) is 5.92. The van der Waals surface area contributed by atoms with Crippen LogP contribution in [0.1, 0.15) is 22.5 Å². The van der Waals surface area contributed by atoms with Crippen LogP contribution in [-0.2, 0) is 4.79 Å². The van der Waals surface area contributed by atoms with Crippen LogP contribution in [0.25, 0.3) is 11.3 Å². The molecule has 0 aliphatic carbocycles. The molecule has 0 bridgehead atoms. The Morgan fingerprint density at radius 1 is 1.16 bits per heavy atom. The van der Waals surface area contributed by atoms with Gasteiger partial charge in [0.2, 0.25) is 5.91 Å². The number of aromatic nitrogens is 1. The Balaban J connectivity index is 2.34. The zero-order chi connectivity index (χ0) is 13.8. The van der Waals surface area contributed by atoms with Gasteiger partial charge in [0.05, 0.1) is 12.1 Å². The molecule has 4 nitrogen and oxygen atoms in total. The molecule has 19 heavy (non-hydrogen) atoms. The van der Waals surface area contributed by atoms with E-state index in [1.807, 2.05) is 31.2 Å². The van der Waals surface area contributed by atoms with Crippen LogP contribution in [-0.4, -0.2) is 16.7 Å². The average Bonchev–Trinajstić information content (AvgIpc) is 2.38. The van der Waals surface area contributed by atoms with Crippen LogP contribution in [0.4, 0.5) is 0 Å². The Morgan fingerprint density at radius 3 is 2.58 bits per heavy atom. The molecule has 0 aliphatic rings. The molecular formula is C15H14N2O2. The quantitative estimate of drug-likeness (QED) is 0.671. The van der Waals surface area contributed by atoms with Crippen molar-refractivity contribution in [2.45, 2.75) is 13.3 Å². The van der Waals surface area contributed by atoms with E-state index in [2.05, 4.69) is 4.98 Å². The molecule has 2 aromatic rings. The van der Waals surface area contributed by atoms with Crippen LogP contribution in [0.2, 0.25) is 0 Å². The van der Waals surface area contributed by atoms with Gasteiger partial charge in [0.15, 0.2) is 5.78 Å². The third-order valence-corrected chi connectivity index (χ3v) is 2.70. The summed E-state index contributed by atoms with van der Waals surface area (Å²) in [6.07, 6.45) is -0.273. The summed E-state index contributed by atoms with van der Waals surface area (Å²) in [5.41, 5.74) is 8.05. The maximum absolute atomic E-state index is 11.8. The van der Waals surface area contributed by atoms with Crippen LogP contribution in [0.5, 0.6) is 0 Å². The smallest absolute Gasteiger partial charge is 0.225 e. The normalized spacial score (nSPS) is 10.2. The number of amides is 1. The summed E-state index contributed by atoms with van der Waals surface area (Å²) in [7, 11) is 0. The first-order chi connectivity index (χ1) is 9.06. The van der Waals surface area contributed by atoms with Crippen molar-refractivity contribution in [3.05, 3.63) is 53.7 Å². The van der Waals surface area contributed by atoms with E-state index in [0.717, 1.165) is 17.0 Å². The molecule has 0 atom stereocenters. The summed E-state index contributed by atoms with van der Waals surface area (Å²) >= 11 is 0. The number of nitrogens with two attached hydrogens (primary N) is 1. The number of primary amides is 1. The Kier molecular flexibility index (Phi) is 3.71. The zero-order valence-corrected chi connectivity index (χ0v) is 10.6. The number of pyridine rings is 1. The molecule has 0 spiro atoms. The lowest BCUT2D eigenvalue weighted by molar-refractivity contribution is -0.117. The highest BCUT2D eigenvalue weighted by molar-refractivity contribution is 6.07. The highest BCUT2D eigenvalue weighted by atomic mass is 16.2. The van der Waals surface area contributed by atoms with Crippen molar-refractivity contribution in [3.8, 4) is 11.3 Å². The van der Waals surface area contributed by atoms with Crippen molar-refractivity contribution in [2.24, 2.45) is 5.73 Å². The number of hydrogen-bond donors (Lipinski definition) is 1. The molecule has 1 aromatic heterocycles. The molecule has 0 fully saturated rings. The fraction of sp³-hybridized carbons (Fsp3) is 0.133. The summed E-state index contributed by atoms with van der Waals surface area (Å²) in [5, 5.41) is 0. The Morgan fingerprint density at radius 2 is 1.89 bits per heavy atom. The van der Waals surface area contributed by atoms with Gasteiger partial charge in [-0.15, -0.1) is 0 Å². The van der Waals surface area contributed by atoms with E-state index in [-0.39, 0.29) is 12.2 Å². The van der Waals surface area contributed by atoms with Crippen LogP contribution in [0, 0.1) is 6.92 Å². The maximum Gasteiger partial charge on any atom is 0.225 e. The molecule has 2 N–H and O–H groups in total. The van der Waals surface area contributed by atoms with Gasteiger partial charge in [-0.2, -0.15) is 0 Å². The molecule has 0 saturated heterocycles. The van der Waals surface area contributed by atoms with Gasteiger partial charge in [-0.1, -0.05) is 24.3 Å². The third-order valence-electron chi connectivity index (χ3n) is 2.70. The van der Waals surface area contributed by atoms with Gasteiger partial charge in [-0.3, -0.25) is 14.6 Å². The number of benzene rings is 1. The average molecular weight is 254 g/mol. The maximum atomic E-state index is 11.8. The van der Waals surface area contributed by atoms with Crippen LogP contribution < -0.4 is 5.73 Å². The number of aryl methyl sites for hydroxylation is 1. The van der Waals surface area contributed by atoms with Crippen molar-refractivity contribution < 1.29 is 9.59 Å². The zero-order valence-electron chi connectivity index (χ0n) is 10.6. The molecule has 0 saturated carbocycles. The molecule has 1 heterocycles. The Labute approximate surface area is 111 Å². The van der Waals surface area contributed by atoms with Gasteiger partial charge >= 0.3 is 0 Å². The lowest BCUT2D eigenvalue weighted by atomic mass is 10.0. The molecule has 96 valence electrons. The van der Waals surface area contributed by atoms with Crippen LogP contribution >= 0.6 is 0 Å². The monoisotopic (exact) mass is 254 g/mol. The number of carbonyl (C=O) groups is 2. The molecule has 0 radical (unpaired) electrons. The van der Waals surface area contributed by atoms with Gasteiger partial charge in [0.1, 0.15) is 0 Å². The fourth-order valence-corrected chi connectivity index (χ4v) is 1.82. The number of nitrogens with zero attached hydrogens (tertiary/aromatic N) is 1. The number of carbonyl (C=O) groups excluding carboxylic acids is 2. The summed E-state index contributed by atoms with van der Waals surface area (Å²) in [5.74, 6) is -0.897. The van der Waals surface area contributed by atoms with E-state index in [1.165, 1.54) is 0 Å². The SMILES string of the molecule is Cc1cccc(-c2cccc(C(=O)CC(N)=O)c2)n1. The van der Waals surface area contributed by atoms with Crippen molar-refractivity contribution in [2.75, 3.05) is 0 Å². The minimum absolute atomic E-state index is 0.273. The van der Waals surface area contributed by atoms with Crippen molar-refractivity contribution in [1.29, 1.82) is 0 Å². The van der Waals surface area contributed by atoms with Crippen molar-refractivity contribution in [1.82, 2.24) is 4.98 Å². The van der Waals surface area contributed by atoms with Crippen LogP contribution in [0.15, 0.2) is 42.5 Å². The van der Waals surface area contributed by atoms with Crippen LogP contribution in [0.3, 0.4) is 0 Å². The highest BCUT2D eigenvalue weighted by Gasteiger charge is 2.10. The number of rotatable bonds is 4. The summed E-state index contributed by atoms with van der Waals surface area (Å²) in [6, 6.07) is 12.7. The van der Waals surface area contributed by atoms with E-state index in [0.29, 0.717) is 5.56 Å². The van der Waals surface area contributed by atoms with E-state index >= 15 is 0 Å². The number of Topliss-reactive ketones (excluding diaryl/α,β-unsaturated/α-hetero) is 1. The standard InChI is InChI=1S/C15H14N2O2/c1-10-4-2-7-13(17-10)11-5-3-6-12(8-11)14(18)9-15(16)19/h2-8H,9H2,1H3,(H2,16,19). The van der Waals surface area contributed by atoms with E-state index < -0.39 is 5.91 Å². The summed E-state index contributed by atoms with van der Waals surface area (Å²) < 4.78 is 0. The Bertz CT molecular complexity index is 636. The Hall–Kier alpha value is -2.49. The van der Waals surface area contributed by atoms with Crippen molar-refractivity contribution in [3.63, 3.8) is 0 Å². The second kappa shape index (κ2) is 5.44. The minimum Gasteiger partial charge on any atom is -0.369 e. The predicted molar refractivity (Wildman–Crippen MR) is 72.6 cm³/mol. The number of ketones is 1. The minimum atomic E-state index is -0.621. The van der Waals surface area contributed by atoms with E-state index in [1.54, 1.807) is 18.2 Å². The molecule has 4 heteroatoms. The van der Waals surface area contributed by atoms with Gasteiger partial charge < -0.3 is 5.73 Å². The topological polar surface area (TPSA) is 73.1 Å². The molecule has 2 rings (SSSR count). The molecule has 0 aliphatic heterocycles. The molecule has 1 aromatic carbocycles. The second-order valence-electron chi connectivity index (χ2n) is 4.31.